The van der Waals surface area contributed by atoms with Gasteiger partial charge in [-0.05, 0) is 32.4 Å². The van der Waals surface area contributed by atoms with Gasteiger partial charge in [-0.25, -0.2) is 9.97 Å². The van der Waals surface area contributed by atoms with Gasteiger partial charge >= 0.3 is 0 Å². The van der Waals surface area contributed by atoms with Gasteiger partial charge in [-0.1, -0.05) is 0 Å². The Kier molecular flexibility index (Phi) is 3.10. The standard InChI is InChI=1S/C12H18N6/c1-18-12-10(7-16-18)11(14-8-15-12)17-9-3-2-5-13-6-4-9/h7-9,13H,2-6H2,1H3,(H,14,15,17). The number of hydrogen-bond donors (Lipinski definition) is 2. The van der Waals surface area contributed by atoms with Gasteiger partial charge in [0.25, 0.3) is 0 Å². The van der Waals surface area contributed by atoms with Gasteiger partial charge in [0.2, 0.25) is 0 Å². The van der Waals surface area contributed by atoms with E-state index in [1.54, 1.807) is 11.0 Å². The summed E-state index contributed by atoms with van der Waals surface area (Å²) in [5.41, 5.74) is 0.874. The van der Waals surface area contributed by atoms with Crippen molar-refractivity contribution in [3.8, 4) is 0 Å². The average Bonchev–Trinajstić information content (AvgIpc) is 2.62. The summed E-state index contributed by atoms with van der Waals surface area (Å²) in [6.07, 6.45) is 6.94. The van der Waals surface area contributed by atoms with E-state index in [0.29, 0.717) is 6.04 Å². The van der Waals surface area contributed by atoms with Crippen LogP contribution < -0.4 is 10.6 Å². The zero-order valence-electron chi connectivity index (χ0n) is 10.6. The molecule has 1 fully saturated rings. The van der Waals surface area contributed by atoms with E-state index in [-0.39, 0.29) is 0 Å². The van der Waals surface area contributed by atoms with Crippen LogP contribution in [0.3, 0.4) is 0 Å². The molecule has 2 aromatic rings. The summed E-state index contributed by atoms with van der Waals surface area (Å²) in [4.78, 5) is 8.60. The Bertz CT molecular complexity index is 526. The summed E-state index contributed by atoms with van der Waals surface area (Å²) in [5, 5.41) is 12.2. The second-order valence-corrected chi connectivity index (χ2v) is 4.75. The van der Waals surface area contributed by atoms with Crippen molar-refractivity contribution in [1.82, 2.24) is 25.1 Å². The van der Waals surface area contributed by atoms with Crippen molar-refractivity contribution in [2.24, 2.45) is 7.05 Å². The smallest absolute Gasteiger partial charge is 0.163 e. The topological polar surface area (TPSA) is 67.7 Å². The molecule has 0 spiro atoms. The van der Waals surface area contributed by atoms with Gasteiger partial charge in [0.15, 0.2) is 5.65 Å². The van der Waals surface area contributed by atoms with Crippen LogP contribution in [-0.4, -0.2) is 38.9 Å². The predicted octanol–water partition coefficient (Wildman–Crippen LogP) is 0.917. The zero-order chi connectivity index (χ0) is 12.4. The normalized spacial score (nSPS) is 20.8. The number of aromatic nitrogens is 4. The quantitative estimate of drug-likeness (QED) is 0.824. The summed E-state index contributed by atoms with van der Waals surface area (Å²) in [6.45, 7) is 2.18. The highest BCUT2D eigenvalue weighted by atomic mass is 15.3. The molecule has 0 radical (unpaired) electrons. The van der Waals surface area contributed by atoms with E-state index in [1.807, 2.05) is 13.2 Å². The van der Waals surface area contributed by atoms with E-state index in [1.165, 1.54) is 12.8 Å². The lowest BCUT2D eigenvalue weighted by Gasteiger charge is -2.16. The molecular formula is C12H18N6. The first kappa shape index (κ1) is 11.4. The number of rotatable bonds is 2. The molecule has 1 unspecified atom stereocenters. The Balaban J connectivity index is 1.85. The second kappa shape index (κ2) is 4.89. The number of nitrogens with zero attached hydrogens (tertiary/aromatic N) is 4. The first-order chi connectivity index (χ1) is 8.84. The van der Waals surface area contributed by atoms with Crippen molar-refractivity contribution >= 4 is 16.9 Å². The molecule has 1 aliphatic rings. The average molecular weight is 246 g/mol. The van der Waals surface area contributed by atoms with Crippen LogP contribution in [0.15, 0.2) is 12.5 Å². The van der Waals surface area contributed by atoms with Crippen molar-refractivity contribution in [2.75, 3.05) is 18.4 Å². The summed E-state index contributed by atoms with van der Waals surface area (Å²) in [6, 6.07) is 0.485. The maximum atomic E-state index is 4.35. The molecule has 3 heterocycles. The van der Waals surface area contributed by atoms with Crippen LogP contribution in [0.2, 0.25) is 0 Å². The van der Waals surface area contributed by atoms with Gasteiger partial charge in [0.1, 0.15) is 12.1 Å². The van der Waals surface area contributed by atoms with Crippen LogP contribution in [0.5, 0.6) is 0 Å². The summed E-state index contributed by atoms with van der Waals surface area (Å²) >= 11 is 0. The van der Waals surface area contributed by atoms with E-state index in [0.717, 1.165) is 36.4 Å². The van der Waals surface area contributed by atoms with Gasteiger partial charge < -0.3 is 10.6 Å². The Labute approximate surface area is 106 Å². The molecule has 3 rings (SSSR count). The predicted molar refractivity (Wildman–Crippen MR) is 70.4 cm³/mol. The largest absolute Gasteiger partial charge is 0.367 e. The first-order valence-corrected chi connectivity index (χ1v) is 6.44. The van der Waals surface area contributed by atoms with Crippen LogP contribution in [0.25, 0.3) is 11.0 Å². The van der Waals surface area contributed by atoms with Crippen molar-refractivity contribution in [2.45, 2.75) is 25.3 Å². The fourth-order valence-electron chi connectivity index (χ4n) is 2.43. The molecule has 96 valence electrons. The minimum atomic E-state index is 0.485. The van der Waals surface area contributed by atoms with Gasteiger partial charge in [-0.2, -0.15) is 5.10 Å². The van der Waals surface area contributed by atoms with Gasteiger partial charge in [-0.15, -0.1) is 0 Å². The summed E-state index contributed by atoms with van der Waals surface area (Å²) < 4.78 is 1.77. The lowest BCUT2D eigenvalue weighted by Crippen LogP contribution is -2.22. The molecule has 0 saturated carbocycles. The van der Waals surface area contributed by atoms with Gasteiger partial charge in [0.05, 0.1) is 11.6 Å². The molecule has 0 amide bonds. The van der Waals surface area contributed by atoms with Gasteiger partial charge in [-0.3, -0.25) is 4.68 Å². The fraction of sp³-hybridized carbons (Fsp3) is 0.583. The fourth-order valence-corrected chi connectivity index (χ4v) is 2.43. The van der Waals surface area contributed by atoms with Crippen LogP contribution >= 0.6 is 0 Å². The SMILES string of the molecule is Cn1ncc2c(NC3CCCNCC3)ncnc21. The lowest BCUT2D eigenvalue weighted by molar-refractivity contribution is 0.635. The van der Waals surface area contributed by atoms with Crippen LogP contribution in [0, 0.1) is 0 Å². The number of aryl methyl sites for hydroxylation is 1. The molecule has 0 bridgehead atoms. The number of nitrogens with one attached hydrogen (secondary N) is 2. The number of anilines is 1. The third kappa shape index (κ3) is 2.15. The highest BCUT2D eigenvalue weighted by molar-refractivity contribution is 5.86. The minimum absolute atomic E-state index is 0.485. The maximum absolute atomic E-state index is 4.35. The maximum Gasteiger partial charge on any atom is 0.163 e. The van der Waals surface area contributed by atoms with Crippen molar-refractivity contribution in [1.29, 1.82) is 0 Å². The molecule has 2 aromatic heterocycles. The third-order valence-corrected chi connectivity index (χ3v) is 3.45. The molecule has 1 saturated heterocycles. The lowest BCUT2D eigenvalue weighted by atomic mass is 10.1. The molecular weight excluding hydrogens is 228 g/mol. The molecule has 0 aliphatic carbocycles. The molecule has 18 heavy (non-hydrogen) atoms. The van der Waals surface area contributed by atoms with E-state index in [9.17, 15) is 0 Å². The third-order valence-electron chi connectivity index (χ3n) is 3.45. The Hall–Kier alpha value is -1.69. The second-order valence-electron chi connectivity index (χ2n) is 4.75. The Morgan fingerprint density at radius 3 is 3.22 bits per heavy atom. The van der Waals surface area contributed by atoms with Gasteiger partial charge in [0, 0.05) is 13.1 Å². The van der Waals surface area contributed by atoms with E-state index in [4.69, 9.17) is 0 Å². The van der Waals surface area contributed by atoms with Crippen LogP contribution in [-0.2, 0) is 7.05 Å². The van der Waals surface area contributed by atoms with E-state index in [2.05, 4.69) is 25.7 Å². The Morgan fingerprint density at radius 2 is 2.28 bits per heavy atom. The molecule has 2 N–H and O–H groups in total. The molecule has 6 heteroatoms. The summed E-state index contributed by atoms with van der Waals surface area (Å²) in [5.74, 6) is 0.903. The van der Waals surface area contributed by atoms with E-state index < -0.39 is 0 Å². The Morgan fingerprint density at radius 1 is 1.33 bits per heavy atom. The van der Waals surface area contributed by atoms with E-state index >= 15 is 0 Å². The molecule has 6 nitrogen and oxygen atoms in total. The highest BCUT2D eigenvalue weighted by Crippen LogP contribution is 2.20. The van der Waals surface area contributed by atoms with Crippen LogP contribution in [0.4, 0.5) is 5.82 Å². The molecule has 1 aliphatic heterocycles. The molecule has 1 atom stereocenters. The number of hydrogen-bond acceptors (Lipinski definition) is 5. The zero-order valence-corrected chi connectivity index (χ0v) is 10.6. The number of fused-ring (bicyclic) bond motifs is 1. The van der Waals surface area contributed by atoms with Crippen molar-refractivity contribution in [3.05, 3.63) is 12.5 Å². The summed E-state index contributed by atoms with van der Waals surface area (Å²) in [7, 11) is 1.90. The van der Waals surface area contributed by atoms with Crippen molar-refractivity contribution < 1.29 is 0 Å². The first-order valence-electron chi connectivity index (χ1n) is 6.44. The monoisotopic (exact) mass is 246 g/mol. The molecule has 0 aromatic carbocycles. The minimum Gasteiger partial charge on any atom is -0.367 e. The van der Waals surface area contributed by atoms with Crippen LogP contribution in [0.1, 0.15) is 19.3 Å². The highest BCUT2D eigenvalue weighted by Gasteiger charge is 2.14. The van der Waals surface area contributed by atoms with Crippen molar-refractivity contribution in [3.63, 3.8) is 0 Å².